The van der Waals surface area contributed by atoms with Gasteiger partial charge in [0.15, 0.2) is 5.75 Å². The monoisotopic (exact) mass is 772 g/mol. The maximum atomic E-state index is 13.8. The second kappa shape index (κ2) is 16.2. The molecule has 2 aliphatic carbocycles. The quantitative estimate of drug-likeness (QED) is 0.110. The van der Waals surface area contributed by atoms with Crippen molar-refractivity contribution in [2.45, 2.75) is 38.1 Å². The molecule has 5 aromatic rings. The number of halogens is 3. The minimum atomic E-state index is -6.04. The lowest BCUT2D eigenvalue weighted by molar-refractivity contribution is -0.0499. The molecule has 0 amide bonds. The average molecular weight is 773 g/mol. The van der Waals surface area contributed by atoms with Crippen LogP contribution in [0.4, 0.5) is 41.6 Å². The maximum absolute atomic E-state index is 13.8. The van der Waals surface area contributed by atoms with Crippen molar-refractivity contribution in [3.63, 3.8) is 0 Å². The van der Waals surface area contributed by atoms with E-state index < -0.39 is 21.4 Å². The Kier molecular flexibility index (Phi) is 11.0. The predicted molar refractivity (Wildman–Crippen MR) is 217 cm³/mol. The van der Waals surface area contributed by atoms with Crippen LogP contribution in [0.5, 0.6) is 11.5 Å². The first-order chi connectivity index (χ1) is 27.0. The molecular formula is C46H39F3N2O4S. The first kappa shape index (κ1) is 38.0. The first-order valence-electron chi connectivity index (χ1n) is 18.1. The van der Waals surface area contributed by atoms with Crippen LogP contribution in [-0.2, 0) is 10.1 Å². The van der Waals surface area contributed by atoms with Crippen LogP contribution in [0, 0.1) is 0 Å². The zero-order valence-corrected chi connectivity index (χ0v) is 31.5. The molecule has 0 saturated carbocycles. The zero-order chi connectivity index (χ0) is 39.3. The fraction of sp³-hybridized carbons (Fsp3) is 0.130. The van der Waals surface area contributed by atoms with Crippen molar-refractivity contribution in [2.75, 3.05) is 9.80 Å². The summed E-state index contributed by atoms with van der Waals surface area (Å²) in [6.45, 7) is 4.22. The number of hydrogen-bond donors (Lipinski definition) is 0. The van der Waals surface area contributed by atoms with Crippen molar-refractivity contribution < 1.29 is 30.5 Å². The molecule has 0 aromatic heterocycles. The Hall–Kier alpha value is -6.26. The average Bonchev–Trinajstić information content (AvgIpc) is 3.79. The molecule has 0 radical (unpaired) electrons. The topological polar surface area (TPSA) is 59.1 Å². The maximum Gasteiger partial charge on any atom is 0.534 e. The number of fused-ring (bicyclic) bond motifs is 3. The largest absolute Gasteiger partial charge is 0.534 e. The van der Waals surface area contributed by atoms with Crippen LogP contribution in [0.2, 0.25) is 0 Å². The molecule has 0 N–H and O–H groups in total. The van der Waals surface area contributed by atoms with Crippen molar-refractivity contribution in [3.8, 4) is 11.5 Å². The Morgan fingerprint density at radius 1 is 0.768 bits per heavy atom. The van der Waals surface area contributed by atoms with Gasteiger partial charge in [0.25, 0.3) is 0 Å². The van der Waals surface area contributed by atoms with Crippen molar-refractivity contribution in [1.82, 2.24) is 0 Å². The van der Waals surface area contributed by atoms with Gasteiger partial charge in [0.05, 0.1) is 11.4 Å². The third kappa shape index (κ3) is 8.06. The molecule has 284 valence electrons. The summed E-state index contributed by atoms with van der Waals surface area (Å²) >= 11 is 0. The minimum Gasteiger partial charge on any atom is -0.461 e. The van der Waals surface area contributed by atoms with Crippen molar-refractivity contribution in [3.05, 3.63) is 198 Å². The normalized spacial score (nSPS) is 15.9. The van der Waals surface area contributed by atoms with E-state index in [1.54, 1.807) is 65.6 Å². The Bertz CT molecular complexity index is 2420. The van der Waals surface area contributed by atoms with E-state index in [9.17, 15) is 21.6 Å². The Morgan fingerprint density at radius 2 is 1.36 bits per heavy atom. The number of rotatable bonds is 9. The molecule has 1 heterocycles. The number of ether oxygens (including phenoxy) is 1. The van der Waals surface area contributed by atoms with Crippen LogP contribution in [-0.4, -0.2) is 13.9 Å². The highest BCUT2D eigenvalue weighted by atomic mass is 32.2. The van der Waals surface area contributed by atoms with Gasteiger partial charge in [-0.15, -0.1) is 0 Å². The summed E-state index contributed by atoms with van der Waals surface area (Å²) in [6, 6.07) is 39.5. The molecule has 10 heteroatoms. The van der Waals surface area contributed by atoms with Gasteiger partial charge in [-0.25, -0.2) is 0 Å². The molecule has 6 nitrogen and oxygen atoms in total. The highest BCUT2D eigenvalue weighted by Gasteiger charge is 2.49. The molecule has 0 saturated heterocycles. The molecule has 3 aliphatic rings. The summed E-state index contributed by atoms with van der Waals surface area (Å²) in [5, 5.41) is 0. The lowest BCUT2D eigenvalue weighted by Crippen LogP contribution is -2.28. The van der Waals surface area contributed by atoms with E-state index in [1.165, 1.54) is 17.2 Å². The van der Waals surface area contributed by atoms with Gasteiger partial charge < -0.3 is 18.7 Å². The number of nitrogens with zero attached hydrogens (tertiary/aromatic N) is 2. The van der Waals surface area contributed by atoms with Crippen molar-refractivity contribution in [2.24, 2.45) is 0 Å². The molecule has 0 bridgehead atoms. The van der Waals surface area contributed by atoms with Gasteiger partial charge in [-0.2, -0.15) is 21.6 Å². The zero-order valence-electron chi connectivity index (χ0n) is 30.7. The Morgan fingerprint density at radius 3 is 1.93 bits per heavy atom. The Balaban J connectivity index is 0.000000471. The van der Waals surface area contributed by atoms with Gasteiger partial charge in [-0.3, -0.25) is 0 Å². The van der Waals surface area contributed by atoms with Gasteiger partial charge in [-0.1, -0.05) is 109 Å². The second-order valence-corrected chi connectivity index (χ2v) is 14.8. The first-order valence-corrected chi connectivity index (χ1v) is 19.5. The van der Waals surface area contributed by atoms with E-state index >= 15 is 0 Å². The van der Waals surface area contributed by atoms with E-state index in [4.69, 9.17) is 8.92 Å². The van der Waals surface area contributed by atoms with Gasteiger partial charge in [0, 0.05) is 46.4 Å². The molecule has 1 unspecified atom stereocenters. The van der Waals surface area contributed by atoms with Crippen LogP contribution < -0.4 is 18.7 Å². The van der Waals surface area contributed by atoms with Gasteiger partial charge in [0.2, 0.25) is 0 Å². The fourth-order valence-electron chi connectivity index (χ4n) is 6.85. The van der Waals surface area contributed by atoms with E-state index in [-0.39, 0.29) is 11.6 Å². The smallest absolute Gasteiger partial charge is 0.461 e. The van der Waals surface area contributed by atoms with Gasteiger partial charge in [-0.05, 0) is 86.9 Å². The van der Waals surface area contributed by atoms with Gasteiger partial charge >= 0.3 is 15.6 Å². The van der Waals surface area contributed by atoms with Crippen LogP contribution in [0.3, 0.4) is 0 Å². The molecule has 8 rings (SSSR count). The molecule has 1 atom stereocenters. The van der Waals surface area contributed by atoms with Gasteiger partial charge in [0.1, 0.15) is 11.5 Å². The highest BCUT2D eigenvalue weighted by Crippen LogP contribution is 2.48. The number of anilines is 5. The van der Waals surface area contributed by atoms with Crippen molar-refractivity contribution in [1.29, 1.82) is 0 Å². The number of alkyl halides is 3. The molecule has 5 aromatic carbocycles. The predicted octanol–water partition coefficient (Wildman–Crippen LogP) is 12.7. The minimum absolute atomic E-state index is 0.0380. The van der Waals surface area contributed by atoms with E-state index in [0.717, 1.165) is 23.5 Å². The summed E-state index contributed by atoms with van der Waals surface area (Å²) in [6.07, 6.45) is 14.3. The van der Waals surface area contributed by atoms with E-state index in [0.29, 0.717) is 34.9 Å². The second-order valence-electron chi connectivity index (χ2n) is 13.3. The molecule has 56 heavy (non-hydrogen) atoms. The summed E-state index contributed by atoms with van der Waals surface area (Å²) < 4.78 is 77.6. The standard InChI is InChI=1S/C37H27F3N2O4S.C9H12/c38-37(39,40)47(43,44)46-36-25-30(21-23-33(36)42(27-14-6-2-7-15-27)28-16-8-3-9-17-28)41(26-12-4-1-5-13-26)29-20-22-32-31-18-10-11-19-34(31)45-35(32)24-29;1-3-5-9-7-4-6-8(9)2/h1-21,23-25,32H,22H2;3-5,7H,6H2,1-2H3/b;5-3-. The lowest BCUT2D eigenvalue weighted by Gasteiger charge is -2.31. The third-order valence-electron chi connectivity index (χ3n) is 9.51. The molecule has 1 aliphatic heterocycles. The molecule has 0 fully saturated rings. The molecule has 0 spiro atoms. The van der Waals surface area contributed by atoms with Crippen LogP contribution >= 0.6 is 0 Å². The van der Waals surface area contributed by atoms with E-state index in [2.05, 4.69) is 31.2 Å². The highest BCUT2D eigenvalue weighted by molar-refractivity contribution is 7.88. The molecular weight excluding hydrogens is 734 g/mol. The fourth-order valence-corrected chi connectivity index (χ4v) is 7.31. The number of hydrogen-bond acceptors (Lipinski definition) is 6. The SMILES string of the molecule is C/C=C\C1=C(C)CC=C1.O=S(=O)(Oc1cc(N(C2=CCC3C(=C2)Oc2ccccc23)c2ccccc2)ccc1N(c1ccccc1)c1ccccc1)C(F)(F)F. The third-order valence-corrected chi connectivity index (χ3v) is 10.5. The number of benzene rings is 5. The lowest BCUT2D eigenvalue weighted by atomic mass is 9.91. The summed E-state index contributed by atoms with van der Waals surface area (Å²) in [4.78, 5) is 3.48. The summed E-state index contributed by atoms with van der Waals surface area (Å²) in [5.41, 5.74) is 1.35. The Labute approximate surface area is 325 Å². The van der Waals surface area contributed by atoms with Crippen LogP contribution in [0.15, 0.2) is 193 Å². The summed E-state index contributed by atoms with van der Waals surface area (Å²) in [5.74, 6) is 1.07. The van der Waals surface area contributed by atoms with Crippen LogP contribution in [0.25, 0.3) is 0 Å². The number of para-hydroxylation sites is 4. The number of allylic oxidation sites excluding steroid dienone is 9. The van der Waals surface area contributed by atoms with E-state index in [1.807, 2.05) is 90.7 Å². The van der Waals surface area contributed by atoms with Crippen LogP contribution in [0.1, 0.15) is 38.2 Å². The van der Waals surface area contributed by atoms with Crippen molar-refractivity contribution >= 4 is 38.6 Å². The summed E-state index contributed by atoms with van der Waals surface area (Å²) in [7, 11) is -6.04.